The molecule has 0 aliphatic rings. The molecule has 0 heterocycles. The van der Waals surface area contributed by atoms with Crippen LogP contribution in [0.15, 0.2) is 12.1 Å². The number of aryl methyl sites for hydroxylation is 1. The van der Waals surface area contributed by atoms with Gasteiger partial charge in [0.2, 0.25) is 5.91 Å². The second-order valence-electron chi connectivity index (χ2n) is 6.55. The maximum absolute atomic E-state index is 14.6. The van der Waals surface area contributed by atoms with E-state index in [4.69, 9.17) is 15.6 Å². The van der Waals surface area contributed by atoms with Gasteiger partial charge >= 0.3 is 5.97 Å². The van der Waals surface area contributed by atoms with Crippen molar-refractivity contribution in [2.45, 2.75) is 58.8 Å². The third-order valence-electron chi connectivity index (χ3n) is 4.17. The Morgan fingerprint density at radius 2 is 1.96 bits per heavy atom. The van der Waals surface area contributed by atoms with Crippen LogP contribution in [-0.4, -0.2) is 23.6 Å². The van der Waals surface area contributed by atoms with Crippen LogP contribution in [0.4, 0.5) is 4.39 Å². The molecule has 0 aliphatic heterocycles. The Bertz CT molecular complexity index is 589. The number of nitrogens with two attached hydrogens (primary N) is 1. The lowest BCUT2D eigenvalue weighted by atomic mass is 10.0. The highest BCUT2D eigenvalue weighted by Gasteiger charge is 2.14. The van der Waals surface area contributed by atoms with Crippen molar-refractivity contribution in [3.05, 3.63) is 29.1 Å². The molecule has 0 aliphatic carbocycles. The fourth-order valence-electron chi connectivity index (χ4n) is 2.57. The van der Waals surface area contributed by atoms with Crippen molar-refractivity contribution in [1.29, 1.82) is 0 Å². The number of hydrogen-bond acceptors (Lipinski definition) is 3. The highest BCUT2D eigenvalue weighted by Crippen LogP contribution is 2.26. The number of benzene rings is 1. The second kappa shape index (κ2) is 10.7. The van der Waals surface area contributed by atoms with Crippen LogP contribution in [0.1, 0.15) is 56.6 Å². The SMILES string of the molecule is Cc1ccc(OC[C@@H](C)CCC(N)=O)c(F)c1CCCCCC(=O)O. The summed E-state index contributed by atoms with van der Waals surface area (Å²) in [5.41, 5.74) is 6.61. The molecule has 6 heteroatoms. The lowest BCUT2D eigenvalue weighted by Crippen LogP contribution is -2.15. The van der Waals surface area contributed by atoms with Gasteiger partial charge in [0, 0.05) is 12.8 Å². The van der Waals surface area contributed by atoms with Gasteiger partial charge in [-0.1, -0.05) is 19.4 Å². The maximum atomic E-state index is 14.6. The largest absolute Gasteiger partial charge is 0.490 e. The monoisotopic (exact) mass is 353 g/mol. The van der Waals surface area contributed by atoms with E-state index < -0.39 is 5.97 Å². The van der Waals surface area contributed by atoms with E-state index >= 15 is 0 Å². The molecule has 1 aromatic rings. The Balaban J connectivity index is 2.56. The number of carboxylic acids is 1. The standard InChI is InChI=1S/C19H28FNO4/c1-13(8-11-17(21)22)12-25-16-10-9-14(2)15(19(16)20)6-4-3-5-7-18(23)24/h9-10,13H,3-8,11-12H2,1-2H3,(H2,21,22)(H,23,24)/t13-/m0/s1. The number of rotatable bonds is 12. The van der Waals surface area contributed by atoms with Crippen LogP contribution in [0, 0.1) is 18.7 Å². The second-order valence-corrected chi connectivity index (χ2v) is 6.55. The molecule has 140 valence electrons. The average Bonchev–Trinajstić information content (AvgIpc) is 2.54. The normalized spacial score (nSPS) is 12.0. The summed E-state index contributed by atoms with van der Waals surface area (Å²) in [5.74, 6) is -1.17. The van der Waals surface area contributed by atoms with E-state index in [0.29, 0.717) is 37.9 Å². The van der Waals surface area contributed by atoms with E-state index in [1.165, 1.54) is 0 Å². The first-order chi connectivity index (χ1) is 11.8. The van der Waals surface area contributed by atoms with Crippen LogP contribution in [0.2, 0.25) is 0 Å². The van der Waals surface area contributed by atoms with Gasteiger partial charge in [0.1, 0.15) is 0 Å². The molecule has 1 atom stereocenters. The van der Waals surface area contributed by atoms with Gasteiger partial charge in [0.25, 0.3) is 0 Å². The van der Waals surface area contributed by atoms with E-state index in [9.17, 15) is 14.0 Å². The van der Waals surface area contributed by atoms with Crippen molar-refractivity contribution < 1.29 is 23.8 Å². The first-order valence-electron chi connectivity index (χ1n) is 8.72. The summed E-state index contributed by atoms with van der Waals surface area (Å²) in [5, 5.41) is 8.62. The summed E-state index contributed by atoms with van der Waals surface area (Å²) >= 11 is 0. The first-order valence-corrected chi connectivity index (χ1v) is 8.72. The van der Waals surface area contributed by atoms with Crippen LogP contribution >= 0.6 is 0 Å². The molecule has 1 amide bonds. The fraction of sp³-hybridized carbons (Fsp3) is 0.579. The molecule has 0 aromatic heterocycles. The summed E-state index contributed by atoms with van der Waals surface area (Å²) in [6, 6.07) is 3.46. The van der Waals surface area contributed by atoms with Crippen LogP contribution in [0.3, 0.4) is 0 Å². The van der Waals surface area contributed by atoms with Crippen molar-refractivity contribution in [3.8, 4) is 5.75 Å². The lowest BCUT2D eigenvalue weighted by Gasteiger charge is -2.15. The summed E-state index contributed by atoms with van der Waals surface area (Å²) in [4.78, 5) is 21.3. The number of carboxylic acid groups (broad SMARTS) is 1. The van der Waals surface area contributed by atoms with E-state index in [2.05, 4.69) is 0 Å². The molecule has 0 bridgehead atoms. The smallest absolute Gasteiger partial charge is 0.303 e. The molecule has 0 spiro atoms. The summed E-state index contributed by atoms with van der Waals surface area (Å²) in [7, 11) is 0. The molecule has 0 saturated carbocycles. The maximum Gasteiger partial charge on any atom is 0.303 e. The molecule has 1 aromatic carbocycles. The number of hydrogen-bond donors (Lipinski definition) is 2. The van der Waals surface area contributed by atoms with Crippen LogP contribution < -0.4 is 10.5 Å². The number of primary amides is 1. The van der Waals surface area contributed by atoms with Gasteiger partial charge in [0.05, 0.1) is 6.61 Å². The average molecular weight is 353 g/mol. The Kier molecular flexibility index (Phi) is 8.95. The molecule has 1 rings (SSSR count). The van der Waals surface area contributed by atoms with Gasteiger partial charge in [-0.25, -0.2) is 4.39 Å². The summed E-state index contributed by atoms with van der Waals surface area (Å²) in [6.45, 7) is 4.11. The quantitative estimate of drug-likeness (QED) is 0.562. The van der Waals surface area contributed by atoms with E-state index in [-0.39, 0.29) is 29.8 Å². The topological polar surface area (TPSA) is 89.6 Å². The predicted octanol–water partition coefficient (Wildman–Crippen LogP) is 3.60. The molecule has 0 radical (unpaired) electrons. The van der Waals surface area contributed by atoms with Crippen LogP contribution in [-0.2, 0) is 16.0 Å². The summed E-state index contributed by atoms with van der Waals surface area (Å²) in [6.07, 6.45) is 3.70. The fourth-order valence-corrected chi connectivity index (χ4v) is 2.57. The Morgan fingerprint density at radius 1 is 1.24 bits per heavy atom. The molecular weight excluding hydrogens is 325 g/mol. The first kappa shape index (κ1) is 20.9. The minimum atomic E-state index is -0.803. The van der Waals surface area contributed by atoms with Crippen molar-refractivity contribution in [2.24, 2.45) is 11.7 Å². The zero-order valence-electron chi connectivity index (χ0n) is 15.0. The van der Waals surface area contributed by atoms with Crippen molar-refractivity contribution in [1.82, 2.24) is 0 Å². The minimum absolute atomic E-state index is 0.104. The highest BCUT2D eigenvalue weighted by atomic mass is 19.1. The van der Waals surface area contributed by atoms with Crippen molar-refractivity contribution >= 4 is 11.9 Å². The number of unbranched alkanes of at least 4 members (excludes halogenated alkanes) is 2. The molecule has 0 unspecified atom stereocenters. The zero-order chi connectivity index (χ0) is 18.8. The Labute approximate surface area is 148 Å². The number of halogens is 1. The number of carbonyl (C=O) groups is 2. The van der Waals surface area contributed by atoms with Gasteiger partial charge in [-0.15, -0.1) is 0 Å². The Hall–Kier alpha value is -2.11. The molecule has 3 N–H and O–H groups in total. The molecule has 25 heavy (non-hydrogen) atoms. The number of amides is 1. The molecule has 0 saturated heterocycles. The molecular formula is C19H28FNO4. The van der Waals surface area contributed by atoms with Gasteiger partial charge in [-0.2, -0.15) is 0 Å². The van der Waals surface area contributed by atoms with E-state index in [0.717, 1.165) is 18.4 Å². The van der Waals surface area contributed by atoms with E-state index in [1.54, 1.807) is 6.07 Å². The van der Waals surface area contributed by atoms with Gasteiger partial charge in [0.15, 0.2) is 11.6 Å². The van der Waals surface area contributed by atoms with Gasteiger partial charge < -0.3 is 15.6 Å². The third-order valence-corrected chi connectivity index (χ3v) is 4.17. The number of carbonyl (C=O) groups excluding carboxylic acids is 1. The van der Waals surface area contributed by atoms with Crippen LogP contribution in [0.5, 0.6) is 5.75 Å². The van der Waals surface area contributed by atoms with E-state index in [1.807, 2.05) is 19.9 Å². The van der Waals surface area contributed by atoms with Gasteiger partial charge in [-0.3, -0.25) is 9.59 Å². The number of aliphatic carboxylic acids is 1. The molecule has 5 nitrogen and oxygen atoms in total. The van der Waals surface area contributed by atoms with Gasteiger partial charge in [-0.05, 0) is 55.7 Å². The minimum Gasteiger partial charge on any atom is -0.490 e. The lowest BCUT2D eigenvalue weighted by molar-refractivity contribution is -0.137. The predicted molar refractivity (Wildman–Crippen MR) is 94.0 cm³/mol. The van der Waals surface area contributed by atoms with Crippen LogP contribution in [0.25, 0.3) is 0 Å². The number of ether oxygens (including phenoxy) is 1. The highest BCUT2D eigenvalue weighted by molar-refractivity contribution is 5.73. The van der Waals surface area contributed by atoms with Crippen molar-refractivity contribution in [3.63, 3.8) is 0 Å². The third kappa shape index (κ3) is 8.01. The molecule has 0 fully saturated rings. The Morgan fingerprint density at radius 3 is 2.60 bits per heavy atom. The summed E-state index contributed by atoms with van der Waals surface area (Å²) < 4.78 is 20.2. The van der Waals surface area contributed by atoms with Crippen molar-refractivity contribution in [2.75, 3.05) is 6.61 Å². The zero-order valence-corrected chi connectivity index (χ0v) is 15.0.